The molecule has 104 valence electrons. The zero-order chi connectivity index (χ0) is 13.9. The molecular formula is C14H16N4O2. The van der Waals surface area contributed by atoms with Gasteiger partial charge >= 0.3 is 0 Å². The maximum Gasteiger partial charge on any atom is 0.192 e. The van der Waals surface area contributed by atoms with E-state index in [1.165, 1.54) is 0 Å². The number of fused-ring (bicyclic) bond motifs is 1. The first-order chi connectivity index (χ1) is 9.80. The largest absolute Gasteiger partial charge is 0.485 e. The number of para-hydroxylation sites is 2. The molecule has 0 amide bonds. The number of ether oxygens (including phenoxy) is 2. The fourth-order valence-corrected chi connectivity index (χ4v) is 2.06. The molecule has 0 spiro atoms. The Hall–Kier alpha value is -2.34. The molecular weight excluding hydrogens is 256 g/mol. The van der Waals surface area contributed by atoms with Crippen LogP contribution >= 0.6 is 0 Å². The van der Waals surface area contributed by atoms with Gasteiger partial charge in [0.25, 0.3) is 0 Å². The number of nitrogens with one attached hydrogen (secondary N) is 1. The number of hydrogen-bond donors (Lipinski definition) is 2. The summed E-state index contributed by atoms with van der Waals surface area (Å²) >= 11 is 0. The number of rotatable bonds is 3. The predicted octanol–water partition coefficient (Wildman–Crippen LogP) is 1.84. The van der Waals surface area contributed by atoms with Crippen LogP contribution in [0, 0.1) is 0 Å². The molecule has 0 radical (unpaired) electrons. The van der Waals surface area contributed by atoms with E-state index in [1.54, 1.807) is 0 Å². The van der Waals surface area contributed by atoms with Crippen LogP contribution in [0.3, 0.4) is 0 Å². The molecule has 3 N–H and O–H groups in total. The van der Waals surface area contributed by atoms with Gasteiger partial charge in [0.05, 0.1) is 0 Å². The molecule has 0 bridgehead atoms. The van der Waals surface area contributed by atoms with Crippen LogP contribution in [0.4, 0.5) is 5.82 Å². The number of anilines is 1. The third-order valence-corrected chi connectivity index (χ3v) is 3.10. The molecule has 2 heterocycles. The molecule has 0 fully saturated rings. The van der Waals surface area contributed by atoms with Crippen molar-refractivity contribution < 1.29 is 9.47 Å². The molecule has 1 aromatic carbocycles. The van der Waals surface area contributed by atoms with E-state index < -0.39 is 0 Å². The van der Waals surface area contributed by atoms with Gasteiger partial charge in [-0.15, -0.1) is 0 Å². The molecule has 6 heteroatoms. The Bertz CT molecular complexity index is 596. The molecule has 6 nitrogen and oxygen atoms in total. The zero-order valence-electron chi connectivity index (χ0n) is 11.2. The lowest BCUT2D eigenvalue weighted by molar-refractivity contribution is 0.0850. The summed E-state index contributed by atoms with van der Waals surface area (Å²) in [5.41, 5.74) is 3.46. The van der Waals surface area contributed by atoms with Crippen molar-refractivity contribution in [2.75, 3.05) is 12.0 Å². The number of aromatic nitrogens is 2. The molecule has 0 saturated carbocycles. The Kier molecular flexibility index (Phi) is 3.39. The molecule has 0 aliphatic carbocycles. The van der Waals surface area contributed by atoms with Gasteiger partial charge in [-0.1, -0.05) is 19.1 Å². The first kappa shape index (κ1) is 12.7. The summed E-state index contributed by atoms with van der Waals surface area (Å²) in [7, 11) is 0. The van der Waals surface area contributed by atoms with Gasteiger partial charge < -0.3 is 14.9 Å². The van der Waals surface area contributed by atoms with E-state index in [1.807, 2.05) is 37.3 Å². The third-order valence-electron chi connectivity index (χ3n) is 3.10. The van der Waals surface area contributed by atoms with Crippen LogP contribution in [0.1, 0.15) is 24.5 Å². The number of nitrogens with two attached hydrogens (primary N) is 1. The van der Waals surface area contributed by atoms with Crippen LogP contribution in [0.5, 0.6) is 11.5 Å². The SMILES string of the molecule is CCc1cc(NN)nc(C2COc3ccccc3O2)n1. The highest BCUT2D eigenvalue weighted by molar-refractivity contribution is 5.41. The lowest BCUT2D eigenvalue weighted by atomic mass is 10.2. The molecule has 1 aliphatic heterocycles. The van der Waals surface area contributed by atoms with Crippen molar-refractivity contribution in [3.63, 3.8) is 0 Å². The molecule has 3 rings (SSSR count). The second kappa shape index (κ2) is 5.34. The van der Waals surface area contributed by atoms with E-state index in [-0.39, 0.29) is 6.10 Å². The Morgan fingerprint density at radius 3 is 2.85 bits per heavy atom. The Morgan fingerprint density at radius 2 is 2.10 bits per heavy atom. The van der Waals surface area contributed by atoms with Gasteiger partial charge in [-0.3, -0.25) is 0 Å². The summed E-state index contributed by atoms with van der Waals surface area (Å²) in [5.74, 6) is 8.04. The Morgan fingerprint density at radius 1 is 1.30 bits per heavy atom. The quantitative estimate of drug-likeness (QED) is 0.655. The van der Waals surface area contributed by atoms with Gasteiger partial charge in [0.1, 0.15) is 12.4 Å². The minimum atomic E-state index is -0.330. The van der Waals surface area contributed by atoms with Crippen molar-refractivity contribution >= 4 is 5.82 Å². The number of benzene rings is 1. The fraction of sp³-hybridized carbons (Fsp3) is 0.286. The van der Waals surface area contributed by atoms with Gasteiger partial charge in [-0.25, -0.2) is 15.8 Å². The highest BCUT2D eigenvalue weighted by Crippen LogP contribution is 2.35. The van der Waals surface area contributed by atoms with Crippen molar-refractivity contribution in [2.45, 2.75) is 19.4 Å². The maximum absolute atomic E-state index is 5.90. The topological polar surface area (TPSA) is 82.3 Å². The van der Waals surface area contributed by atoms with Crippen LogP contribution in [0.2, 0.25) is 0 Å². The molecule has 0 saturated heterocycles. The van der Waals surface area contributed by atoms with Gasteiger partial charge in [0.2, 0.25) is 0 Å². The smallest absolute Gasteiger partial charge is 0.192 e. The van der Waals surface area contributed by atoms with Crippen molar-refractivity contribution in [1.82, 2.24) is 9.97 Å². The summed E-state index contributed by atoms with van der Waals surface area (Å²) in [6.07, 6.45) is 0.470. The van der Waals surface area contributed by atoms with E-state index in [9.17, 15) is 0 Å². The second-order valence-electron chi connectivity index (χ2n) is 4.46. The normalized spacial score (nSPS) is 16.8. The molecule has 1 atom stereocenters. The first-order valence-corrected chi connectivity index (χ1v) is 6.53. The number of nitrogens with zero attached hydrogens (tertiary/aromatic N) is 2. The maximum atomic E-state index is 5.90. The summed E-state index contributed by atoms with van der Waals surface area (Å²) < 4.78 is 11.6. The van der Waals surface area contributed by atoms with Crippen molar-refractivity contribution in [2.24, 2.45) is 5.84 Å². The predicted molar refractivity (Wildman–Crippen MR) is 74.5 cm³/mol. The average Bonchev–Trinajstić information content (AvgIpc) is 2.53. The third kappa shape index (κ3) is 2.37. The van der Waals surface area contributed by atoms with E-state index in [0.29, 0.717) is 24.0 Å². The number of nitrogen functional groups attached to an aromatic ring is 1. The minimum Gasteiger partial charge on any atom is -0.485 e. The second-order valence-corrected chi connectivity index (χ2v) is 4.46. The summed E-state index contributed by atoms with van der Waals surface area (Å²) in [6, 6.07) is 9.38. The minimum absolute atomic E-state index is 0.330. The fourth-order valence-electron chi connectivity index (χ4n) is 2.06. The zero-order valence-corrected chi connectivity index (χ0v) is 11.2. The summed E-state index contributed by atoms with van der Waals surface area (Å²) in [5, 5.41) is 0. The van der Waals surface area contributed by atoms with Crippen LogP contribution in [0.15, 0.2) is 30.3 Å². The van der Waals surface area contributed by atoms with Gasteiger partial charge in [-0.2, -0.15) is 0 Å². The number of hydrazine groups is 1. The van der Waals surface area contributed by atoms with Crippen molar-refractivity contribution in [1.29, 1.82) is 0 Å². The average molecular weight is 272 g/mol. The van der Waals surface area contributed by atoms with Crippen LogP contribution in [0.25, 0.3) is 0 Å². The molecule has 1 unspecified atom stereocenters. The van der Waals surface area contributed by atoms with E-state index in [0.717, 1.165) is 17.9 Å². The van der Waals surface area contributed by atoms with E-state index >= 15 is 0 Å². The molecule has 2 aromatic rings. The van der Waals surface area contributed by atoms with Crippen LogP contribution in [-0.4, -0.2) is 16.6 Å². The van der Waals surface area contributed by atoms with Crippen LogP contribution < -0.4 is 20.7 Å². The lowest BCUT2D eigenvalue weighted by Crippen LogP contribution is -2.24. The monoisotopic (exact) mass is 272 g/mol. The molecule has 20 heavy (non-hydrogen) atoms. The van der Waals surface area contributed by atoms with Gasteiger partial charge in [0, 0.05) is 11.8 Å². The molecule has 1 aliphatic rings. The van der Waals surface area contributed by atoms with Gasteiger partial charge in [0.15, 0.2) is 23.4 Å². The summed E-state index contributed by atoms with van der Waals surface area (Å²) in [4.78, 5) is 8.83. The first-order valence-electron chi connectivity index (χ1n) is 6.53. The van der Waals surface area contributed by atoms with Crippen molar-refractivity contribution in [3.8, 4) is 11.5 Å². The number of aryl methyl sites for hydroxylation is 1. The standard InChI is InChI=1S/C14H16N4O2/c1-2-9-7-13(18-15)17-14(16-9)12-8-19-10-5-3-4-6-11(10)20-12/h3-7,12H,2,8,15H2,1H3,(H,16,17,18). The molecule has 1 aromatic heterocycles. The van der Waals surface area contributed by atoms with Gasteiger partial charge in [-0.05, 0) is 18.6 Å². The Balaban J connectivity index is 1.91. The highest BCUT2D eigenvalue weighted by atomic mass is 16.6. The highest BCUT2D eigenvalue weighted by Gasteiger charge is 2.25. The van der Waals surface area contributed by atoms with E-state index in [4.69, 9.17) is 15.3 Å². The lowest BCUT2D eigenvalue weighted by Gasteiger charge is -2.25. The van der Waals surface area contributed by atoms with Crippen LogP contribution in [-0.2, 0) is 6.42 Å². The summed E-state index contributed by atoms with van der Waals surface area (Å²) in [6.45, 7) is 2.41. The number of hydrogen-bond acceptors (Lipinski definition) is 6. The van der Waals surface area contributed by atoms with Crippen molar-refractivity contribution in [3.05, 3.63) is 41.9 Å². The van der Waals surface area contributed by atoms with E-state index in [2.05, 4.69) is 15.4 Å². The Labute approximate surface area is 116 Å².